The molecular weight excluding hydrogens is 232 g/mol. The van der Waals surface area contributed by atoms with Crippen molar-refractivity contribution in [1.82, 2.24) is 10.2 Å². The van der Waals surface area contributed by atoms with Crippen LogP contribution in [0.5, 0.6) is 0 Å². The molecule has 2 aliphatic rings. The summed E-state index contributed by atoms with van der Waals surface area (Å²) in [5, 5.41) is 3.54. The molecule has 1 atom stereocenters. The first kappa shape index (κ1) is 15.3. The smallest absolute Gasteiger partial charge is 0.0108 e. The summed E-state index contributed by atoms with van der Waals surface area (Å²) >= 11 is 0. The lowest BCUT2D eigenvalue weighted by Gasteiger charge is -2.42. The van der Waals surface area contributed by atoms with Crippen molar-refractivity contribution in [2.24, 2.45) is 11.3 Å². The second-order valence-corrected chi connectivity index (χ2v) is 7.87. The minimum absolute atomic E-state index is 0.510. The normalized spacial score (nSPS) is 34.3. The quantitative estimate of drug-likeness (QED) is 0.820. The van der Waals surface area contributed by atoms with Crippen molar-refractivity contribution in [2.45, 2.75) is 77.8 Å². The molecule has 0 aromatic heterocycles. The summed E-state index contributed by atoms with van der Waals surface area (Å²) in [5.74, 6) is 0.938. The van der Waals surface area contributed by atoms with E-state index in [9.17, 15) is 0 Å². The Labute approximate surface area is 120 Å². The van der Waals surface area contributed by atoms with E-state index in [2.05, 4.69) is 38.0 Å². The molecule has 0 bridgehead atoms. The minimum atomic E-state index is 0.510. The van der Waals surface area contributed by atoms with Crippen LogP contribution in [-0.4, -0.2) is 37.1 Å². The number of nitrogens with zero attached hydrogens (tertiary/aromatic N) is 1. The summed E-state index contributed by atoms with van der Waals surface area (Å²) in [6, 6.07) is 1.67. The Kier molecular flexibility index (Phi) is 5.30. The highest BCUT2D eigenvalue weighted by Crippen LogP contribution is 2.39. The molecule has 1 aliphatic heterocycles. The average molecular weight is 266 g/mol. The molecule has 0 amide bonds. The fraction of sp³-hybridized carbons (Fsp3) is 1.00. The van der Waals surface area contributed by atoms with E-state index in [1.165, 1.54) is 58.0 Å². The van der Waals surface area contributed by atoms with Crippen molar-refractivity contribution in [3.8, 4) is 0 Å². The molecule has 0 radical (unpaired) electrons. The zero-order chi connectivity index (χ0) is 13.9. The fourth-order valence-corrected chi connectivity index (χ4v) is 4.06. The van der Waals surface area contributed by atoms with Gasteiger partial charge in [-0.1, -0.05) is 20.8 Å². The molecule has 0 aromatic rings. The van der Waals surface area contributed by atoms with Gasteiger partial charge in [0, 0.05) is 12.1 Å². The van der Waals surface area contributed by atoms with Crippen molar-refractivity contribution in [2.75, 3.05) is 20.1 Å². The molecule has 112 valence electrons. The molecule has 0 spiro atoms. The molecule has 1 saturated heterocycles. The molecule has 1 N–H and O–H groups in total. The summed E-state index contributed by atoms with van der Waals surface area (Å²) in [6.07, 6.45) is 9.79. The summed E-state index contributed by atoms with van der Waals surface area (Å²) in [6.45, 7) is 9.68. The third-order valence-electron chi connectivity index (χ3n) is 5.62. The Morgan fingerprint density at radius 3 is 2.11 bits per heavy atom. The summed E-state index contributed by atoms with van der Waals surface area (Å²) < 4.78 is 0. The molecule has 1 saturated carbocycles. The number of hydrogen-bond donors (Lipinski definition) is 1. The van der Waals surface area contributed by atoms with Crippen LogP contribution in [-0.2, 0) is 0 Å². The van der Waals surface area contributed by atoms with E-state index in [0.29, 0.717) is 5.41 Å². The maximum Gasteiger partial charge on any atom is 0.0108 e. The fourth-order valence-electron chi connectivity index (χ4n) is 4.06. The first-order valence-corrected chi connectivity index (χ1v) is 8.41. The molecule has 2 nitrogen and oxygen atoms in total. The van der Waals surface area contributed by atoms with Crippen LogP contribution in [0, 0.1) is 11.3 Å². The van der Waals surface area contributed by atoms with E-state index in [1.54, 1.807) is 0 Å². The average Bonchev–Trinajstić information content (AvgIpc) is 2.66. The van der Waals surface area contributed by atoms with Gasteiger partial charge in [-0.3, -0.25) is 0 Å². The van der Waals surface area contributed by atoms with Crippen LogP contribution in [0.4, 0.5) is 0 Å². The van der Waals surface area contributed by atoms with Crippen molar-refractivity contribution in [1.29, 1.82) is 0 Å². The van der Waals surface area contributed by atoms with Gasteiger partial charge in [0.2, 0.25) is 0 Å². The van der Waals surface area contributed by atoms with E-state index < -0.39 is 0 Å². The van der Waals surface area contributed by atoms with Crippen molar-refractivity contribution >= 4 is 0 Å². The second kappa shape index (κ2) is 6.58. The van der Waals surface area contributed by atoms with Crippen LogP contribution in [0.3, 0.4) is 0 Å². The number of hydrogen-bond acceptors (Lipinski definition) is 2. The van der Waals surface area contributed by atoms with Crippen molar-refractivity contribution < 1.29 is 0 Å². The zero-order valence-corrected chi connectivity index (χ0v) is 13.5. The van der Waals surface area contributed by atoms with Gasteiger partial charge in [0.1, 0.15) is 0 Å². The molecular formula is C17H34N2. The number of rotatable bonds is 2. The van der Waals surface area contributed by atoms with Gasteiger partial charge in [0.25, 0.3) is 0 Å². The zero-order valence-electron chi connectivity index (χ0n) is 13.5. The Morgan fingerprint density at radius 2 is 1.47 bits per heavy atom. The Balaban J connectivity index is 1.83. The van der Waals surface area contributed by atoms with E-state index in [4.69, 9.17) is 0 Å². The third-order valence-corrected chi connectivity index (χ3v) is 5.62. The molecule has 1 heterocycles. The summed E-state index contributed by atoms with van der Waals surface area (Å²) in [5.41, 5.74) is 0.510. The first-order chi connectivity index (χ1) is 8.98. The Hall–Kier alpha value is -0.0800. The highest BCUT2D eigenvalue weighted by Gasteiger charge is 2.32. The van der Waals surface area contributed by atoms with E-state index in [1.807, 2.05) is 0 Å². The molecule has 1 unspecified atom stereocenters. The Bertz CT molecular complexity index is 253. The van der Waals surface area contributed by atoms with Gasteiger partial charge in [-0.15, -0.1) is 0 Å². The Morgan fingerprint density at radius 1 is 0.842 bits per heavy atom. The highest BCUT2D eigenvalue weighted by molar-refractivity contribution is 4.86. The molecule has 1 aliphatic carbocycles. The second-order valence-electron chi connectivity index (χ2n) is 7.87. The van der Waals surface area contributed by atoms with Gasteiger partial charge in [-0.25, -0.2) is 0 Å². The molecule has 0 aromatic carbocycles. The van der Waals surface area contributed by atoms with Crippen LogP contribution in [0.25, 0.3) is 0 Å². The van der Waals surface area contributed by atoms with Gasteiger partial charge in [-0.05, 0) is 76.4 Å². The van der Waals surface area contributed by atoms with Crippen LogP contribution < -0.4 is 5.32 Å². The van der Waals surface area contributed by atoms with Crippen LogP contribution in [0.1, 0.15) is 65.7 Å². The van der Waals surface area contributed by atoms with Crippen molar-refractivity contribution in [3.63, 3.8) is 0 Å². The summed E-state index contributed by atoms with van der Waals surface area (Å²) in [4.78, 5) is 2.73. The summed E-state index contributed by atoms with van der Waals surface area (Å²) in [7, 11) is 2.39. The largest absolute Gasteiger partial charge is 0.317 e. The van der Waals surface area contributed by atoms with Gasteiger partial charge >= 0.3 is 0 Å². The topological polar surface area (TPSA) is 15.3 Å². The predicted molar refractivity (Wildman–Crippen MR) is 83.5 cm³/mol. The first-order valence-electron chi connectivity index (χ1n) is 8.41. The van der Waals surface area contributed by atoms with E-state index in [0.717, 1.165) is 18.0 Å². The molecule has 2 heteroatoms. The van der Waals surface area contributed by atoms with Gasteiger partial charge in [0.15, 0.2) is 0 Å². The van der Waals surface area contributed by atoms with Crippen LogP contribution in [0.2, 0.25) is 0 Å². The van der Waals surface area contributed by atoms with Gasteiger partial charge in [0.05, 0.1) is 0 Å². The lowest BCUT2D eigenvalue weighted by molar-refractivity contribution is 0.0814. The lowest BCUT2D eigenvalue weighted by Crippen LogP contribution is -2.43. The van der Waals surface area contributed by atoms with Crippen LogP contribution in [0.15, 0.2) is 0 Å². The molecule has 2 rings (SSSR count). The lowest BCUT2D eigenvalue weighted by atomic mass is 9.71. The minimum Gasteiger partial charge on any atom is -0.317 e. The van der Waals surface area contributed by atoms with E-state index >= 15 is 0 Å². The molecule has 2 fully saturated rings. The van der Waals surface area contributed by atoms with E-state index in [-0.39, 0.29) is 0 Å². The predicted octanol–water partition coefficient (Wildman–Crippen LogP) is 3.67. The highest BCUT2D eigenvalue weighted by atomic mass is 15.2. The monoisotopic (exact) mass is 266 g/mol. The van der Waals surface area contributed by atoms with Gasteiger partial charge in [-0.2, -0.15) is 0 Å². The third kappa shape index (κ3) is 4.19. The maximum absolute atomic E-state index is 3.54. The SMILES string of the molecule is CN(C1CCCNCC1)C1CCC(C(C)(C)C)CC1. The van der Waals surface area contributed by atoms with Crippen molar-refractivity contribution in [3.05, 3.63) is 0 Å². The molecule has 19 heavy (non-hydrogen) atoms. The number of nitrogens with one attached hydrogen (secondary N) is 1. The van der Waals surface area contributed by atoms with Gasteiger partial charge < -0.3 is 10.2 Å². The standard InChI is InChI=1S/C17H34N2/c1-17(2,3)14-7-9-16(10-8-14)19(4)15-6-5-12-18-13-11-15/h14-16,18H,5-13H2,1-4H3. The maximum atomic E-state index is 3.54. The van der Waals surface area contributed by atoms with Crippen LogP contribution >= 0.6 is 0 Å².